The van der Waals surface area contributed by atoms with Crippen molar-refractivity contribution in [2.24, 2.45) is 4.99 Å². The minimum atomic E-state index is -0.980. The molecule has 6 heterocycles. The highest BCUT2D eigenvalue weighted by atomic mass is 16.5. The molecule has 3 fully saturated rings. The molecule has 10 heteroatoms. The highest BCUT2D eigenvalue weighted by Gasteiger charge is 2.44. The van der Waals surface area contributed by atoms with Gasteiger partial charge in [0.25, 0.3) is 0 Å². The Kier molecular flexibility index (Phi) is 7.02. The number of hydrogen-bond acceptors (Lipinski definition) is 9. The summed E-state index contributed by atoms with van der Waals surface area (Å²) < 4.78 is 12.7. The van der Waals surface area contributed by atoms with Gasteiger partial charge in [0.15, 0.2) is 0 Å². The van der Waals surface area contributed by atoms with Crippen LogP contribution in [0.2, 0.25) is 0 Å². The third-order valence-electron chi connectivity index (χ3n) is 7.11. The predicted octanol–water partition coefficient (Wildman–Crippen LogP) is 3.77. The van der Waals surface area contributed by atoms with E-state index in [1.54, 1.807) is 37.9 Å². The number of piperazine rings is 1. The Bertz CT molecular complexity index is 1470. The smallest absolute Gasteiger partial charge is 0.212 e. The summed E-state index contributed by atoms with van der Waals surface area (Å²) in [7, 11) is 1.58. The first-order valence-electron chi connectivity index (χ1n) is 12.9. The number of nitriles is 1. The van der Waals surface area contributed by atoms with Gasteiger partial charge in [-0.05, 0) is 58.2 Å². The van der Waals surface area contributed by atoms with Crippen LogP contribution in [0.4, 0.5) is 5.82 Å². The standard InChI is InChI=1S/C29H33N7O3/c1-19(6-9-27(31-4)38-5)36-22-10-23(36)16-34(15-22)26-8-7-20(13-32-26)25-11-24(39-18-29(2,3)37)17-35-28(25)21(12-30)14-33-35/h6-9,11,13-14,17,22-23,37H,4,10,15-16,18H2,1-3,5H3/b19-6+,27-9+. The first-order chi connectivity index (χ1) is 18.7. The van der Waals surface area contributed by atoms with E-state index in [0.717, 1.165) is 36.5 Å². The topological polar surface area (TPSA) is 112 Å². The number of hydrogen-bond donors (Lipinski definition) is 1. The second kappa shape index (κ2) is 10.4. The molecule has 3 aromatic rings. The van der Waals surface area contributed by atoms with Gasteiger partial charge in [-0.25, -0.2) is 14.5 Å². The zero-order valence-corrected chi connectivity index (χ0v) is 22.7. The number of pyridine rings is 2. The fraction of sp³-hybridized carbons (Fsp3) is 0.379. The van der Waals surface area contributed by atoms with E-state index in [1.165, 1.54) is 5.70 Å². The lowest BCUT2D eigenvalue weighted by Gasteiger charge is -2.58. The molecule has 39 heavy (non-hydrogen) atoms. The van der Waals surface area contributed by atoms with Gasteiger partial charge in [0.2, 0.25) is 5.88 Å². The SMILES string of the molecule is C=N/C(=C\C=C(/C)N1C2CC1CN(c1ccc(-c3cc(OCC(C)(C)O)cn4ncc(C#N)c34)cn1)C2)OC. The Morgan fingerprint density at radius 3 is 2.67 bits per heavy atom. The molecule has 0 aliphatic carbocycles. The van der Waals surface area contributed by atoms with Crippen LogP contribution in [-0.2, 0) is 4.74 Å². The Morgan fingerprint density at radius 2 is 2.05 bits per heavy atom. The number of anilines is 1. The van der Waals surface area contributed by atoms with E-state index < -0.39 is 5.60 Å². The average molecular weight is 528 g/mol. The quantitative estimate of drug-likeness (QED) is 0.254. The van der Waals surface area contributed by atoms with Crippen molar-refractivity contribution < 1.29 is 14.6 Å². The van der Waals surface area contributed by atoms with Crippen LogP contribution in [0.5, 0.6) is 5.75 Å². The van der Waals surface area contributed by atoms with E-state index in [0.29, 0.717) is 34.8 Å². The summed E-state index contributed by atoms with van der Waals surface area (Å²) in [6.45, 7) is 10.9. The van der Waals surface area contributed by atoms with Crippen LogP contribution in [0.15, 0.2) is 65.5 Å². The maximum atomic E-state index is 10.1. The molecule has 0 radical (unpaired) electrons. The van der Waals surface area contributed by atoms with Gasteiger partial charge in [0, 0.05) is 54.3 Å². The third-order valence-corrected chi connectivity index (χ3v) is 7.11. The molecule has 0 amide bonds. The highest BCUT2D eigenvalue weighted by Crippen LogP contribution is 2.38. The normalized spacial score (nSPS) is 19.5. The molecular formula is C29H33N7O3. The number of allylic oxidation sites excluding steroid dienone is 3. The number of aliphatic imine (C=N–C) groups is 1. The van der Waals surface area contributed by atoms with Crippen molar-refractivity contribution in [1.29, 1.82) is 5.26 Å². The van der Waals surface area contributed by atoms with Crippen LogP contribution < -0.4 is 9.64 Å². The zero-order chi connectivity index (χ0) is 27.7. The fourth-order valence-corrected chi connectivity index (χ4v) is 5.31. The van der Waals surface area contributed by atoms with Crippen molar-refractivity contribution in [2.45, 2.75) is 44.9 Å². The van der Waals surface area contributed by atoms with Crippen molar-refractivity contribution in [3.63, 3.8) is 0 Å². The Morgan fingerprint density at radius 1 is 1.28 bits per heavy atom. The summed E-state index contributed by atoms with van der Waals surface area (Å²) in [6.07, 6.45) is 10.1. The van der Waals surface area contributed by atoms with Crippen molar-refractivity contribution in [1.82, 2.24) is 19.5 Å². The van der Waals surface area contributed by atoms with Crippen LogP contribution in [0.3, 0.4) is 0 Å². The summed E-state index contributed by atoms with van der Waals surface area (Å²) in [4.78, 5) is 13.4. The second-order valence-corrected chi connectivity index (χ2v) is 10.6. The molecule has 3 aliphatic rings. The van der Waals surface area contributed by atoms with Crippen LogP contribution in [0.1, 0.15) is 32.8 Å². The third kappa shape index (κ3) is 5.31. The first kappa shape index (κ1) is 26.3. The molecule has 0 saturated carbocycles. The van der Waals surface area contributed by atoms with Gasteiger partial charge < -0.3 is 24.4 Å². The van der Waals surface area contributed by atoms with Gasteiger partial charge in [0.1, 0.15) is 24.2 Å². The van der Waals surface area contributed by atoms with Crippen LogP contribution in [0, 0.1) is 11.3 Å². The first-order valence-corrected chi connectivity index (χ1v) is 12.9. The molecule has 3 aliphatic heterocycles. The molecule has 3 saturated heterocycles. The molecule has 2 atom stereocenters. The number of aliphatic hydroxyl groups is 1. The van der Waals surface area contributed by atoms with Gasteiger partial charge in [-0.1, -0.05) is 0 Å². The summed E-state index contributed by atoms with van der Waals surface area (Å²) in [5, 5.41) is 24.1. The maximum Gasteiger partial charge on any atom is 0.212 e. The lowest BCUT2D eigenvalue weighted by Crippen LogP contribution is -2.68. The van der Waals surface area contributed by atoms with Crippen LogP contribution in [0.25, 0.3) is 16.6 Å². The largest absolute Gasteiger partial charge is 0.489 e. The molecule has 0 aromatic carbocycles. The average Bonchev–Trinajstić information content (AvgIpc) is 3.35. The van der Waals surface area contributed by atoms with Gasteiger partial charge in [-0.3, -0.25) is 0 Å². The van der Waals surface area contributed by atoms with E-state index in [1.807, 2.05) is 36.5 Å². The highest BCUT2D eigenvalue weighted by molar-refractivity contribution is 5.85. The summed E-state index contributed by atoms with van der Waals surface area (Å²) >= 11 is 0. The second-order valence-electron chi connectivity index (χ2n) is 10.6. The lowest BCUT2D eigenvalue weighted by molar-refractivity contribution is 0.0283. The fourth-order valence-electron chi connectivity index (χ4n) is 5.31. The Labute approximate surface area is 228 Å². The Hall–Kier alpha value is -4.36. The Balaban J connectivity index is 1.35. The molecule has 0 spiro atoms. The van der Waals surface area contributed by atoms with E-state index in [-0.39, 0.29) is 6.61 Å². The monoisotopic (exact) mass is 527 g/mol. The molecule has 1 N–H and O–H groups in total. The molecular weight excluding hydrogens is 494 g/mol. The van der Waals surface area contributed by atoms with Crippen LogP contribution in [-0.4, -0.2) is 75.8 Å². The van der Waals surface area contributed by atoms with Crippen molar-refractivity contribution in [3.8, 4) is 22.9 Å². The molecule has 2 bridgehead atoms. The van der Waals surface area contributed by atoms with E-state index >= 15 is 0 Å². The number of ether oxygens (including phenoxy) is 2. The van der Waals surface area contributed by atoms with Crippen molar-refractivity contribution >= 4 is 18.1 Å². The summed E-state index contributed by atoms with van der Waals surface area (Å²) in [5.41, 5.74) is 3.01. The molecule has 2 unspecified atom stereocenters. The summed E-state index contributed by atoms with van der Waals surface area (Å²) in [5.74, 6) is 1.97. The molecule has 10 nitrogen and oxygen atoms in total. The minimum absolute atomic E-state index is 0.124. The number of rotatable bonds is 9. The number of piperidine rings is 1. The van der Waals surface area contributed by atoms with Gasteiger partial charge >= 0.3 is 0 Å². The molecule has 6 rings (SSSR count). The lowest BCUT2D eigenvalue weighted by atomic mass is 9.86. The number of methoxy groups -OCH3 is 1. The number of fused-ring (bicyclic) bond motifs is 3. The number of nitrogens with zero attached hydrogens (tertiary/aromatic N) is 7. The van der Waals surface area contributed by atoms with Crippen molar-refractivity contribution in [2.75, 3.05) is 31.7 Å². The van der Waals surface area contributed by atoms with E-state index in [4.69, 9.17) is 14.5 Å². The van der Waals surface area contributed by atoms with E-state index in [9.17, 15) is 10.4 Å². The minimum Gasteiger partial charge on any atom is -0.489 e. The molecule has 3 aromatic heterocycles. The number of aromatic nitrogens is 3. The van der Waals surface area contributed by atoms with Gasteiger partial charge in [-0.2, -0.15) is 10.4 Å². The molecule has 202 valence electrons. The zero-order valence-electron chi connectivity index (χ0n) is 22.7. The predicted molar refractivity (Wildman–Crippen MR) is 150 cm³/mol. The van der Waals surface area contributed by atoms with Crippen molar-refractivity contribution in [3.05, 3.63) is 66.1 Å². The van der Waals surface area contributed by atoms with Crippen LogP contribution >= 0.6 is 0 Å². The summed E-state index contributed by atoms with van der Waals surface area (Å²) in [6, 6.07) is 8.99. The maximum absolute atomic E-state index is 10.1. The van der Waals surface area contributed by atoms with Gasteiger partial charge in [-0.15, -0.1) is 0 Å². The van der Waals surface area contributed by atoms with E-state index in [2.05, 4.69) is 39.6 Å². The van der Waals surface area contributed by atoms with Gasteiger partial charge in [0.05, 0.1) is 36.2 Å².